The first kappa shape index (κ1) is 15.0. The Morgan fingerprint density at radius 1 is 1.33 bits per heavy atom. The number of likely N-dealkylation sites (tertiary alicyclic amines) is 1. The molecule has 3 amide bonds. The maximum absolute atomic E-state index is 12.0. The third-order valence-corrected chi connectivity index (χ3v) is 3.40. The van der Waals surface area contributed by atoms with Crippen molar-refractivity contribution in [2.75, 3.05) is 27.2 Å². The first-order valence-electron chi connectivity index (χ1n) is 6.80. The molecule has 1 saturated heterocycles. The summed E-state index contributed by atoms with van der Waals surface area (Å²) in [5, 5.41) is 8.79. The summed E-state index contributed by atoms with van der Waals surface area (Å²) in [5.41, 5.74) is -0.163. The predicted molar refractivity (Wildman–Crippen MR) is 76.0 cm³/mol. The van der Waals surface area contributed by atoms with Crippen LogP contribution in [0.15, 0.2) is 16.9 Å². The van der Waals surface area contributed by atoms with Gasteiger partial charge >= 0.3 is 6.03 Å². The second-order valence-corrected chi connectivity index (χ2v) is 5.22. The Labute approximate surface area is 122 Å². The van der Waals surface area contributed by atoms with Gasteiger partial charge in [-0.2, -0.15) is 5.10 Å². The number of rotatable bonds is 2. The van der Waals surface area contributed by atoms with E-state index in [2.05, 4.69) is 15.5 Å². The highest BCUT2D eigenvalue weighted by Gasteiger charge is 2.25. The van der Waals surface area contributed by atoms with Crippen molar-refractivity contribution in [1.29, 1.82) is 0 Å². The Kier molecular flexibility index (Phi) is 4.56. The number of amides is 3. The molecule has 2 rings (SSSR count). The van der Waals surface area contributed by atoms with E-state index in [0.29, 0.717) is 25.9 Å². The van der Waals surface area contributed by atoms with Gasteiger partial charge in [-0.25, -0.2) is 9.89 Å². The smallest absolute Gasteiger partial charge is 0.319 e. The summed E-state index contributed by atoms with van der Waals surface area (Å²) in [4.78, 5) is 38.0. The lowest BCUT2D eigenvalue weighted by atomic mass is 10.1. The summed E-state index contributed by atoms with van der Waals surface area (Å²) in [7, 11) is 3.44. The number of hydrogen-bond donors (Lipinski definition) is 2. The van der Waals surface area contributed by atoms with Gasteiger partial charge in [0.1, 0.15) is 5.69 Å². The summed E-state index contributed by atoms with van der Waals surface area (Å²) in [6.07, 6.45) is 1.41. The number of H-pyrrole nitrogens is 1. The topological polar surface area (TPSA) is 98.4 Å². The largest absolute Gasteiger partial charge is 0.348 e. The van der Waals surface area contributed by atoms with Crippen LogP contribution in [0.2, 0.25) is 0 Å². The molecule has 1 aromatic rings. The molecule has 114 valence electrons. The first-order valence-corrected chi connectivity index (χ1v) is 6.80. The summed E-state index contributed by atoms with van der Waals surface area (Å²) in [6, 6.07) is 2.65. The van der Waals surface area contributed by atoms with Gasteiger partial charge in [-0.05, 0) is 18.9 Å². The van der Waals surface area contributed by atoms with Crippen molar-refractivity contribution in [2.45, 2.75) is 18.9 Å². The maximum atomic E-state index is 12.0. The minimum Gasteiger partial charge on any atom is -0.348 e. The number of hydrogen-bond acceptors (Lipinski definition) is 4. The lowest BCUT2D eigenvalue weighted by Crippen LogP contribution is -2.49. The lowest BCUT2D eigenvalue weighted by molar-refractivity contribution is 0.0908. The van der Waals surface area contributed by atoms with Crippen LogP contribution in [0, 0.1) is 0 Å². The van der Waals surface area contributed by atoms with E-state index in [0.717, 1.165) is 0 Å². The van der Waals surface area contributed by atoms with Gasteiger partial charge in [-0.15, -0.1) is 0 Å². The van der Waals surface area contributed by atoms with Crippen LogP contribution in [-0.2, 0) is 0 Å². The SMILES string of the molecule is CN(C)C(=O)N1CCC(NC(=O)c2ccc(=O)[nH]n2)CC1. The van der Waals surface area contributed by atoms with Crippen LogP contribution in [0.25, 0.3) is 0 Å². The fourth-order valence-corrected chi connectivity index (χ4v) is 2.23. The van der Waals surface area contributed by atoms with E-state index in [4.69, 9.17) is 0 Å². The fourth-order valence-electron chi connectivity index (χ4n) is 2.23. The summed E-state index contributed by atoms with van der Waals surface area (Å²) < 4.78 is 0. The molecular formula is C13H19N5O3. The normalized spacial score (nSPS) is 15.6. The summed E-state index contributed by atoms with van der Waals surface area (Å²) in [6.45, 7) is 1.22. The minimum atomic E-state index is -0.345. The second kappa shape index (κ2) is 6.38. The maximum Gasteiger partial charge on any atom is 0.319 e. The van der Waals surface area contributed by atoms with Crippen LogP contribution in [0.1, 0.15) is 23.3 Å². The molecule has 0 unspecified atom stereocenters. The van der Waals surface area contributed by atoms with E-state index < -0.39 is 0 Å². The van der Waals surface area contributed by atoms with Gasteiger partial charge in [0.25, 0.3) is 11.5 Å². The Bertz CT molecular complexity index is 555. The van der Waals surface area contributed by atoms with E-state index in [9.17, 15) is 14.4 Å². The van der Waals surface area contributed by atoms with Crippen molar-refractivity contribution in [1.82, 2.24) is 25.3 Å². The van der Waals surface area contributed by atoms with Gasteiger partial charge in [0, 0.05) is 39.3 Å². The van der Waals surface area contributed by atoms with Gasteiger partial charge < -0.3 is 15.1 Å². The van der Waals surface area contributed by atoms with E-state index in [1.54, 1.807) is 23.9 Å². The molecule has 0 bridgehead atoms. The molecule has 21 heavy (non-hydrogen) atoms. The molecule has 0 saturated carbocycles. The third-order valence-electron chi connectivity index (χ3n) is 3.40. The number of nitrogens with zero attached hydrogens (tertiary/aromatic N) is 3. The van der Waals surface area contributed by atoms with E-state index in [1.807, 2.05) is 0 Å². The molecule has 2 N–H and O–H groups in total. The van der Waals surface area contributed by atoms with Crippen molar-refractivity contribution in [2.24, 2.45) is 0 Å². The standard InChI is InChI=1S/C13H19N5O3/c1-17(2)13(21)18-7-5-9(6-8-18)14-12(20)10-3-4-11(19)16-15-10/h3-4,9H,5-8H2,1-2H3,(H,14,20)(H,16,19). The highest BCUT2D eigenvalue weighted by Crippen LogP contribution is 2.12. The van der Waals surface area contributed by atoms with Crippen LogP contribution in [0.4, 0.5) is 4.79 Å². The molecule has 1 aliphatic rings. The number of urea groups is 1. The molecule has 1 fully saturated rings. The van der Waals surface area contributed by atoms with Crippen molar-refractivity contribution >= 4 is 11.9 Å². The quantitative estimate of drug-likeness (QED) is 0.778. The zero-order valence-electron chi connectivity index (χ0n) is 12.1. The highest BCUT2D eigenvalue weighted by atomic mass is 16.2. The Morgan fingerprint density at radius 3 is 2.52 bits per heavy atom. The van der Waals surface area contributed by atoms with Crippen LogP contribution in [-0.4, -0.2) is 65.2 Å². The van der Waals surface area contributed by atoms with Gasteiger partial charge in [0.2, 0.25) is 0 Å². The number of piperidine rings is 1. The van der Waals surface area contributed by atoms with E-state index in [1.165, 1.54) is 12.1 Å². The minimum absolute atomic E-state index is 0.0115. The Morgan fingerprint density at radius 2 is 2.00 bits per heavy atom. The number of nitrogens with one attached hydrogen (secondary N) is 2. The average Bonchev–Trinajstić information content (AvgIpc) is 2.47. The molecule has 0 aliphatic carbocycles. The number of aromatic nitrogens is 2. The molecule has 1 aromatic heterocycles. The number of aromatic amines is 1. The molecule has 8 heteroatoms. The van der Waals surface area contributed by atoms with Crippen molar-refractivity contribution in [3.05, 3.63) is 28.2 Å². The number of carbonyl (C=O) groups excluding carboxylic acids is 2. The second-order valence-electron chi connectivity index (χ2n) is 5.22. The molecule has 0 atom stereocenters. The molecule has 0 aromatic carbocycles. The predicted octanol–water partition coefficient (Wildman–Crippen LogP) is -0.354. The fraction of sp³-hybridized carbons (Fsp3) is 0.538. The van der Waals surface area contributed by atoms with Crippen molar-refractivity contribution in [3.63, 3.8) is 0 Å². The Balaban J connectivity index is 1.86. The highest BCUT2D eigenvalue weighted by molar-refractivity contribution is 5.92. The van der Waals surface area contributed by atoms with Crippen LogP contribution in [0.5, 0.6) is 0 Å². The van der Waals surface area contributed by atoms with Gasteiger partial charge in [-0.1, -0.05) is 0 Å². The summed E-state index contributed by atoms with van der Waals surface area (Å²) in [5.74, 6) is -0.316. The zero-order chi connectivity index (χ0) is 15.4. The molecule has 8 nitrogen and oxygen atoms in total. The van der Waals surface area contributed by atoms with Crippen molar-refractivity contribution < 1.29 is 9.59 Å². The van der Waals surface area contributed by atoms with Crippen LogP contribution in [0.3, 0.4) is 0 Å². The first-order chi connectivity index (χ1) is 9.97. The van der Waals surface area contributed by atoms with Crippen LogP contribution < -0.4 is 10.9 Å². The monoisotopic (exact) mass is 293 g/mol. The molecule has 0 spiro atoms. The zero-order valence-corrected chi connectivity index (χ0v) is 12.1. The van der Waals surface area contributed by atoms with Gasteiger partial charge in [-0.3, -0.25) is 9.59 Å². The van der Waals surface area contributed by atoms with Crippen LogP contribution >= 0.6 is 0 Å². The van der Waals surface area contributed by atoms with E-state index in [-0.39, 0.29) is 29.2 Å². The molecule has 0 radical (unpaired) electrons. The van der Waals surface area contributed by atoms with Crippen molar-refractivity contribution in [3.8, 4) is 0 Å². The Hall–Kier alpha value is -2.38. The van der Waals surface area contributed by atoms with Gasteiger partial charge in [0.15, 0.2) is 0 Å². The van der Waals surface area contributed by atoms with E-state index >= 15 is 0 Å². The third kappa shape index (κ3) is 3.80. The van der Waals surface area contributed by atoms with Gasteiger partial charge in [0.05, 0.1) is 0 Å². The molecule has 1 aliphatic heterocycles. The number of carbonyl (C=O) groups is 2. The summed E-state index contributed by atoms with van der Waals surface area (Å²) >= 11 is 0. The molecule has 2 heterocycles. The average molecular weight is 293 g/mol. The molecular weight excluding hydrogens is 274 g/mol. The lowest BCUT2D eigenvalue weighted by Gasteiger charge is -2.33.